The minimum atomic E-state index is -0.473. The fourth-order valence-electron chi connectivity index (χ4n) is 2.75. The minimum absolute atomic E-state index is 0.451. The molecule has 0 fully saturated rings. The molecule has 0 saturated carbocycles. The van der Waals surface area contributed by atoms with Crippen LogP contribution in [-0.2, 0) is 7.05 Å². The number of nitrogens with two attached hydrogens (primary N) is 1. The number of nitrogens with zero attached hydrogens (tertiary/aromatic N) is 4. The SMILES string of the molecule is CNc1nc2nc(-c3ccccc3C(N)=O)sc2c2c1ncn2C. The summed E-state index contributed by atoms with van der Waals surface area (Å²) in [6, 6.07) is 7.20. The summed E-state index contributed by atoms with van der Waals surface area (Å²) in [5, 5.41) is 3.77. The predicted molar refractivity (Wildman–Crippen MR) is 95.2 cm³/mol. The third-order valence-electron chi connectivity index (χ3n) is 3.86. The molecule has 0 aliphatic rings. The maximum absolute atomic E-state index is 11.7. The van der Waals surface area contributed by atoms with Crippen molar-refractivity contribution in [1.82, 2.24) is 19.5 Å². The van der Waals surface area contributed by atoms with Crippen LogP contribution in [0.1, 0.15) is 10.4 Å². The monoisotopic (exact) mass is 338 g/mol. The second-order valence-electron chi connectivity index (χ2n) is 5.34. The fraction of sp³-hybridized carbons (Fsp3) is 0.125. The molecule has 3 heterocycles. The summed E-state index contributed by atoms with van der Waals surface area (Å²) in [6.45, 7) is 0. The Balaban J connectivity index is 2.05. The zero-order chi connectivity index (χ0) is 16.8. The van der Waals surface area contributed by atoms with Crippen molar-refractivity contribution < 1.29 is 4.79 Å². The van der Waals surface area contributed by atoms with E-state index < -0.39 is 5.91 Å². The van der Waals surface area contributed by atoms with Gasteiger partial charge in [-0.05, 0) is 6.07 Å². The van der Waals surface area contributed by atoms with Crippen molar-refractivity contribution in [3.8, 4) is 10.6 Å². The number of benzene rings is 1. The van der Waals surface area contributed by atoms with Gasteiger partial charge < -0.3 is 15.6 Å². The molecular formula is C16H14N6OS. The normalized spacial score (nSPS) is 11.2. The lowest BCUT2D eigenvalue weighted by molar-refractivity contribution is 0.100. The highest BCUT2D eigenvalue weighted by molar-refractivity contribution is 7.22. The summed E-state index contributed by atoms with van der Waals surface area (Å²) in [6.07, 6.45) is 1.75. The molecule has 24 heavy (non-hydrogen) atoms. The van der Waals surface area contributed by atoms with Gasteiger partial charge >= 0.3 is 0 Å². The summed E-state index contributed by atoms with van der Waals surface area (Å²) < 4.78 is 2.88. The molecule has 0 radical (unpaired) electrons. The van der Waals surface area contributed by atoms with E-state index in [1.807, 2.05) is 23.7 Å². The zero-order valence-corrected chi connectivity index (χ0v) is 13.9. The van der Waals surface area contributed by atoms with E-state index in [0.717, 1.165) is 15.7 Å². The summed E-state index contributed by atoms with van der Waals surface area (Å²) in [5.41, 5.74) is 9.04. The predicted octanol–water partition coefficient (Wildman–Crippen LogP) is 2.39. The highest BCUT2D eigenvalue weighted by Crippen LogP contribution is 2.36. The van der Waals surface area contributed by atoms with Crippen LogP contribution in [0.15, 0.2) is 30.6 Å². The van der Waals surface area contributed by atoms with E-state index in [1.165, 1.54) is 11.3 Å². The third-order valence-corrected chi connectivity index (χ3v) is 4.95. The quantitative estimate of drug-likeness (QED) is 0.597. The van der Waals surface area contributed by atoms with E-state index in [4.69, 9.17) is 5.73 Å². The van der Waals surface area contributed by atoms with Gasteiger partial charge in [-0.2, -0.15) is 0 Å². The Labute approximate surface area is 141 Å². The van der Waals surface area contributed by atoms with Crippen LogP contribution in [0.5, 0.6) is 0 Å². The van der Waals surface area contributed by atoms with Crippen LogP contribution in [0.2, 0.25) is 0 Å². The Morgan fingerprint density at radius 3 is 2.83 bits per heavy atom. The number of carbonyl (C=O) groups is 1. The molecule has 0 unspecified atom stereocenters. The first-order valence-electron chi connectivity index (χ1n) is 7.28. The molecule has 1 aromatic carbocycles. The number of rotatable bonds is 3. The second kappa shape index (κ2) is 5.27. The lowest BCUT2D eigenvalue weighted by atomic mass is 10.1. The summed E-state index contributed by atoms with van der Waals surface area (Å²) in [5.74, 6) is 0.206. The summed E-state index contributed by atoms with van der Waals surface area (Å²) in [4.78, 5) is 25.3. The second-order valence-corrected chi connectivity index (χ2v) is 6.34. The van der Waals surface area contributed by atoms with Gasteiger partial charge in [-0.15, -0.1) is 11.3 Å². The van der Waals surface area contributed by atoms with Crippen LogP contribution in [0, 0.1) is 0 Å². The molecule has 3 N–H and O–H groups in total. The van der Waals surface area contributed by atoms with Crippen LogP contribution >= 0.6 is 11.3 Å². The summed E-state index contributed by atoms with van der Waals surface area (Å²) in [7, 11) is 3.74. The van der Waals surface area contributed by atoms with E-state index in [0.29, 0.717) is 27.6 Å². The van der Waals surface area contributed by atoms with E-state index in [9.17, 15) is 4.79 Å². The molecule has 4 rings (SSSR count). The lowest BCUT2D eigenvalue weighted by Crippen LogP contribution is -2.12. The standard InChI is InChI=1S/C16H14N6OS/c1-18-14-10-11(22(2)7-19-10)12-15(20-14)21-16(24-12)9-6-4-3-5-8(9)13(17)23/h3-7H,1-2H3,(H2,17,23)(H,18,20). The van der Waals surface area contributed by atoms with Crippen molar-refractivity contribution in [2.75, 3.05) is 12.4 Å². The number of amides is 1. The molecule has 8 heteroatoms. The number of anilines is 1. The van der Waals surface area contributed by atoms with E-state index in [2.05, 4.69) is 20.3 Å². The van der Waals surface area contributed by atoms with Crippen LogP contribution < -0.4 is 11.1 Å². The topological polar surface area (TPSA) is 98.7 Å². The van der Waals surface area contributed by atoms with Crippen molar-refractivity contribution in [2.45, 2.75) is 0 Å². The Morgan fingerprint density at radius 1 is 1.29 bits per heavy atom. The number of carbonyl (C=O) groups excluding carboxylic acids is 1. The number of hydrogen-bond acceptors (Lipinski definition) is 6. The van der Waals surface area contributed by atoms with Crippen molar-refractivity contribution >= 4 is 44.4 Å². The first kappa shape index (κ1) is 14.6. The first-order valence-corrected chi connectivity index (χ1v) is 8.10. The van der Waals surface area contributed by atoms with E-state index >= 15 is 0 Å². The lowest BCUT2D eigenvalue weighted by Gasteiger charge is -2.01. The van der Waals surface area contributed by atoms with Crippen molar-refractivity contribution in [1.29, 1.82) is 0 Å². The van der Waals surface area contributed by atoms with Crippen LogP contribution in [0.3, 0.4) is 0 Å². The molecule has 7 nitrogen and oxygen atoms in total. The van der Waals surface area contributed by atoms with Gasteiger partial charge in [-0.25, -0.2) is 15.0 Å². The van der Waals surface area contributed by atoms with Gasteiger partial charge in [0.25, 0.3) is 0 Å². The molecule has 3 aromatic heterocycles. The van der Waals surface area contributed by atoms with Gasteiger partial charge in [0.2, 0.25) is 5.91 Å². The molecule has 4 aromatic rings. The van der Waals surface area contributed by atoms with Gasteiger partial charge in [0, 0.05) is 25.2 Å². The van der Waals surface area contributed by atoms with Gasteiger partial charge in [0.15, 0.2) is 11.5 Å². The average Bonchev–Trinajstić information content (AvgIpc) is 3.17. The van der Waals surface area contributed by atoms with Crippen molar-refractivity contribution in [2.24, 2.45) is 12.8 Å². The number of aryl methyl sites for hydroxylation is 1. The van der Waals surface area contributed by atoms with E-state index in [-0.39, 0.29) is 0 Å². The third kappa shape index (κ3) is 2.04. The number of thiazole rings is 1. The minimum Gasteiger partial charge on any atom is -0.371 e. The Kier molecular flexibility index (Phi) is 3.20. The number of fused-ring (bicyclic) bond motifs is 3. The first-order chi connectivity index (χ1) is 11.6. The van der Waals surface area contributed by atoms with Crippen LogP contribution in [0.4, 0.5) is 5.82 Å². The molecule has 0 bridgehead atoms. The van der Waals surface area contributed by atoms with Crippen molar-refractivity contribution in [3.63, 3.8) is 0 Å². The molecule has 1 amide bonds. The maximum Gasteiger partial charge on any atom is 0.249 e. The molecule has 0 atom stereocenters. The summed E-state index contributed by atoms with van der Waals surface area (Å²) >= 11 is 1.48. The molecule has 0 saturated heterocycles. The number of aromatic nitrogens is 4. The number of pyridine rings is 1. The fourth-order valence-corrected chi connectivity index (χ4v) is 3.88. The number of primary amides is 1. The molecule has 0 aliphatic carbocycles. The number of nitrogens with one attached hydrogen (secondary N) is 1. The van der Waals surface area contributed by atoms with Crippen molar-refractivity contribution in [3.05, 3.63) is 36.2 Å². The largest absolute Gasteiger partial charge is 0.371 e. The Hall–Kier alpha value is -3.00. The van der Waals surface area contributed by atoms with E-state index in [1.54, 1.807) is 25.5 Å². The van der Waals surface area contributed by atoms with Gasteiger partial charge in [-0.3, -0.25) is 4.79 Å². The van der Waals surface area contributed by atoms with Crippen LogP contribution in [-0.4, -0.2) is 32.5 Å². The molecule has 0 aliphatic heterocycles. The maximum atomic E-state index is 11.7. The highest BCUT2D eigenvalue weighted by atomic mass is 32.1. The van der Waals surface area contributed by atoms with Gasteiger partial charge in [0.05, 0.1) is 11.8 Å². The zero-order valence-electron chi connectivity index (χ0n) is 13.1. The van der Waals surface area contributed by atoms with Gasteiger partial charge in [0.1, 0.15) is 15.2 Å². The molecule has 0 spiro atoms. The average molecular weight is 338 g/mol. The smallest absolute Gasteiger partial charge is 0.249 e. The number of hydrogen-bond donors (Lipinski definition) is 2. The number of imidazole rings is 1. The highest BCUT2D eigenvalue weighted by Gasteiger charge is 2.19. The Morgan fingerprint density at radius 2 is 2.08 bits per heavy atom. The van der Waals surface area contributed by atoms with Gasteiger partial charge in [-0.1, -0.05) is 18.2 Å². The molecular weight excluding hydrogens is 324 g/mol. The Bertz CT molecular complexity index is 1100. The molecule has 120 valence electrons. The van der Waals surface area contributed by atoms with Crippen LogP contribution in [0.25, 0.3) is 32.0 Å².